The number of amides is 2. The molecule has 2 aromatic carbocycles. The van der Waals surface area contributed by atoms with Crippen molar-refractivity contribution in [3.8, 4) is 5.75 Å². The van der Waals surface area contributed by atoms with E-state index in [1.54, 1.807) is 54.3 Å². The van der Waals surface area contributed by atoms with Gasteiger partial charge < -0.3 is 14.8 Å². The maximum absolute atomic E-state index is 12.7. The van der Waals surface area contributed by atoms with Crippen LogP contribution in [-0.4, -0.2) is 31.3 Å². The second-order valence-corrected chi connectivity index (χ2v) is 6.32. The predicted molar refractivity (Wildman–Crippen MR) is 100 cm³/mol. The summed E-state index contributed by atoms with van der Waals surface area (Å²) in [6.07, 6.45) is -0.138. The van der Waals surface area contributed by atoms with Crippen LogP contribution in [0.5, 0.6) is 5.75 Å². The van der Waals surface area contributed by atoms with E-state index in [-0.39, 0.29) is 12.1 Å². The Labute approximate surface area is 156 Å². The number of benzene rings is 2. The highest BCUT2D eigenvalue weighted by molar-refractivity contribution is 6.31. The molecule has 1 heterocycles. The number of carbonyl (C=O) groups excluding carboxylic acids is 2. The van der Waals surface area contributed by atoms with Crippen molar-refractivity contribution in [2.24, 2.45) is 0 Å². The summed E-state index contributed by atoms with van der Waals surface area (Å²) in [5.41, 5.74) is 1.63. The van der Waals surface area contributed by atoms with E-state index in [1.807, 2.05) is 6.92 Å². The Balaban J connectivity index is 1.76. The van der Waals surface area contributed by atoms with Crippen molar-refractivity contribution in [2.45, 2.75) is 20.0 Å². The molecule has 0 saturated heterocycles. The maximum atomic E-state index is 12.7. The summed E-state index contributed by atoms with van der Waals surface area (Å²) in [5.74, 6) is 0.219. The number of ether oxygens (including phenoxy) is 2. The smallest absolute Gasteiger partial charge is 0.338 e. The molecule has 0 unspecified atom stereocenters. The van der Waals surface area contributed by atoms with Crippen molar-refractivity contribution in [1.82, 2.24) is 0 Å². The summed E-state index contributed by atoms with van der Waals surface area (Å²) in [7, 11) is 0. The minimum Gasteiger partial charge on any atom is -0.487 e. The number of halogens is 1. The molecule has 1 atom stereocenters. The second-order valence-electron chi connectivity index (χ2n) is 5.88. The van der Waals surface area contributed by atoms with Gasteiger partial charge in [-0.05, 0) is 56.3 Å². The Bertz CT molecular complexity index is 823. The average molecular weight is 375 g/mol. The van der Waals surface area contributed by atoms with Crippen LogP contribution in [-0.2, 0) is 4.74 Å². The van der Waals surface area contributed by atoms with Crippen LogP contribution in [0.1, 0.15) is 24.2 Å². The molecule has 1 aliphatic rings. The molecule has 2 amide bonds. The van der Waals surface area contributed by atoms with Crippen molar-refractivity contribution in [3.63, 3.8) is 0 Å². The van der Waals surface area contributed by atoms with Gasteiger partial charge in [-0.15, -0.1) is 0 Å². The molecule has 1 aliphatic heterocycles. The van der Waals surface area contributed by atoms with Crippen molar-refractivity contribution >= 4 is 35.0 Å². The third-order valence-electron chi connectivity index (χ3n) is 3.87. The molecule has 0 aliphatic carbocycles. The largest absolute Gasteiger partial charge is 0.487 e. The number of anilines is 2. The Kier molecular flexibility index (Phi) is 5.32. The summed E-state index contributed by atoms with van der Waals surface area (Å²) in [5, 5.41) is 3.35. The summed E-state index contributed by atoms with van der Waals surface area (Å²) < 4.78 is 10.7. The van der Waals surface area contributed by atoms with E-state index in [9.17, 15) is 9.59 Å². The number of urea groups is 1. The van der Waals surface area contributed by atoms with E-state index in [1.165, 1.54) is 0 Å². The molecule has 7 heteroatoms. The van der Waals surface area contributed by atoms with Gasteiger partial charge in [0.1, 0.15) is 11.9 Å². The van der Waals surface area contributed by atoms with Crippen LogP contribution in [0.2, 0.25) is 5.02 Å². The number of carbonyl (C=O) groups is 2. The highest BCUT2D eigenvalue weighted by Crippen LogP contribution is 2.36. The second kappa shape index (κ2) is 7.66. The van der Waals surface area contributed by atoms with Gasteiger partial charge in [0.2, 0.25) is 0 Å². The Morgan fingerprint density at radius 2 is 2.00 bits per heavy atom. The minimum absolute atomic E-state index is 0.138. The standard InChI is InChI=1S/C19H19ClN2O4/c1-3-25-18(23)13-4-7-15(8-5-13)21-19(24)22-11-12(2)26-17-9-6-14(20)10-16(17)22/h4-10,12H,3,11H2,1-2H3,(H,21,24)/t12-/m0/s1. The van der Waals surface area contributed by atoms with E-state index >= 15 is 0 Å². The quantitative estimate of drug-likeness (QED) is 0.811. The number of nitrogens with zero attached hydrogens (tertiary/aromatic N) is 1. The minimum atomic E-state index is -0.393. The molecule has 0 bridgehead atoms. The molecule has 0 radical (unpaired) electrons. The third kappa shape index (κ3) is 3.91. The van der Waals surface area contributed by atoms with Crippen molar-refractivity contribution in [3.05, 3.63) is 53.1 Å². The van der Waals surface area contributed by atoms with Gasteiger partial charge in [0.25, 0.3) is 0 Å². The van der Waals surface area contributed by atoms with Crippen LogP contribution < -0.4 is 15.0 Å². The van der Waals surface area contributed by atoms with Gasteiger partial charge in [-0.25, -0.2) is 9.59 Å². The zero-order valence-corrected chi connectivity index (χ0v) is 15.2. The Morgan fingerprint density at radius 1 is 1.27 bits per heavy atom. The first-order chi connectivity index (χ1) is 12.5. The van der Waals surface area contributed by atoms with Gasteiger partial charge in [0.05, 0.1) is 24.4 Å². The van der Waals surface area contributed by atoms with Gasteiger partial charge in [0.15, 0.2) is 0 Å². The lowest BCUT2D eigenvalue weighted by molar-refractivity contribution is 0.0526. The Hall–Kier alpha value is -2.73. The van der Waals surface area contributed by atoms with Crippen molar-refractivity contribution in [1.29, 1.82) is 0 Å². The van der Waals surface area contributed by atoms with Gasteiger partial charge >= 0.3 is 12.0 Å². The molecule has 0 spiro atoms. The molecule has 0 saturated carbocycles. The number of hydrogen-bond acceptors (Lipinski definition) is 4. The van der Waals surface area contributed by atoms with Gasteiger partial charge in [-0.3, -0.25) is 4.90 Å². The molecule has 1 N–H and O–H groups in total. The molecule has 26 heavy (non-hydrogen) atoms. The molecule has 136 valence electrons. The fraction of sp³-hybridized carbons (Fsp3) is 0.263. The van der Waals surface area contributed by atoms with Crippen molar-refractivity contribution in [2.75, 3.05) is 23.4 Å². The van der Waals surface area contributed by atoms with E-state index in [2.05, 4.69) is 5.32 Å². The summed E-state index contributed by atoms with van der Waals surface area (Å²) >= 11 is 6.06. The molecule has 0 fully saturated rings. The number of esters is 1. The van der Waals surface area contributed by atoms with Crippen LogP contribution >= 0.6 is 11.6 Å². The summed E-state index contributed by atoms with van der Waals surface area (Å²) in [4.78, 5) is 26.0. The Morgan fingerprint density at radius 3 is 2.69 bits per heavy atom. The molecule has 6 nitrogen and oxygen atoms in total. The normalized spacial score (nSPS) is 15.7. The number of hydrogen-bond donors (Lipinski definition) is 1. The highest BCUT2D eigenvalue weighted by Gasteiger charge is 2.28. The molecular weight excluding hydrogens is 356 g/mol. The van der Waals surface area contributed by atoms with E-state index in [4.69, 9.17) is 21.1 Å². The number of rotatable bonds is 3. The van der Waals surface area contributed by atoms with Crippen LogP contribution in [0.3, 0.4) is 0 Å². The highest BCUT2D eigenvalue weighted by atomic mass is 35.5. The van der Waals surface area contributed by atoms with E-state index in [0.29, 0.717) is 40.9 Å². The van der Waals surface area contributed by atoms with Crippen LogP contribution in [0.15, 0.2) is 42.5 Å². The molecule has 2 aromatic rings. The number of fused-ring (bicyclic) bond motifs is 1. The van der Waals surface area contributed by atoms with E-state index < -0.39 is 5.97 Å². The molecule has 3 rings (SSSR count). The van der Waals surface area contributed by atoms with Crippen molar-refractivity contribution < 1.29 is 19.1 Å². The van der Waals surface area contributed by atoms with Crippen LogP contribution in [0.4, 0.5) is 16.2 Å². The summed E-state index contributed by atoms with van der Waals surface area (Å²) in [6, 6.07) is 11.4. The first-order valence-corrected chi connectivity index (χ1v) is 8.67. The fourth-order valence-electron chi connectivity index (χ4n) is 2.70. The fourth-order valence-corrected chi connectivity index (χ4v) is 2.86. The lowest BCUT2D eigenvalue weighted by atomic mass is 10.2. The monoisotopic (exact) mass is 374 g/mol. The zero-order valence-electron chi connectivity index (χ0n) is 14.5. The van der Waals surface area contributed by atoms with Gasteiger partial charge in [0, 0.05) is 10.7 Å². The zero-order chi connectivity index (χ0) is 18.7. The predicted octanol–water partition coefficient (Wildman–Crippen LogP) is 4.34. The SMILES string of the molecule is CCOC(=O)c1ccc(NC(=O)N2C[C@H](C)Oc3ccc(Cl)cc32)cc1. The first-order valence-electron chi connectivity index (χ1n) is 8.30. The van der Waals surface area contributed by atoms with Gasteiger partial charge in [-0.2, -0.15) is 0 Å². The average Bonchev–Trinajstić information content (AvgIpc) is 2.62. The van der Waals surface area contributed by atoms with Gasteiger partial charge in [-0.1, -0.05) is 11.6 Å². The third-order valence-corrected chi connectivity index (χ3v) is 4.11. The lowest BCUT2D eigenvalue weighted by Crippen LogP contribution is -2.44. The van der Waals surface area contributed by atoms with Crippen LogP contribution in [0, 0.1) is 0 Å². The maximum Gasteiger partial charge on any atom is 0.338 e. The summed E-state index contributed by atoms with van der Waals surface area (Å²) in [6.45, 7) is 4.36. The molecular formula is C19H19ClN2O4. The number of nitrogens with one attached hydrogen (secondary N) is 1. The van der Waals surface area contributed by atoms with E-state index in [0.717, 1.165) is 0 Å². The molecule has 0 aromatic heterocycles. The lowest BCUT2D eigenvalue weighted by Gasteiger charge is -2.33. The topological polar surface area (TPSA) is 67.9 Å². The van der Waals surface area contributed by atoms with Crippen LogP contribution in [0.25, 0.3) is 0 Å². The first kappa shape index (κ1) is 18.1.